The van der Waals surface area contributed by atoms with Crippen molar-refractivity contribution < 1.29 is 14.9 Å². The Morgan fingerprint density at radius 3 is 1.62 bits per heavy atom. The first-order valence-corrected chi connectivity index (χ1v) is 10.5. The van der Waals surface area contributed by atoms with Crippen LogP contribution in [0.2, 0.25) is 0 Å². The lowest BCUT2D eigenvalue weighted by Gasteiger charge is -2.26. The second kappa shape index (κ2) is 10.7. The minimum Gasteiger partial charge on any atom is -0.508 e. The summed E-state index contributed by atoms with van der Waals surface area (Å²) in [6, 6.07) is 15.3. The number of aliphatic hydroxyl groups is 1. The molecule has 0 saturated heterocycles. The van der Waals surface area contributed by atoms with E-state index < -0.39 is 6.10 Å². The quantitative estimate of drug-likeness (QED) is 0.577. The number of aliphatic hydroxyl groups excluding tert-OH is 1. The lowest BCUT2D eigenvalue weighted by Crippen LogP contribution is -2.24. The molecular formula is C26H40O3. The number of ether oxygens (including phenoxy) is 1. The molecule has 0 spiro atoms. The van der Waals surface area contributed by atoms with Crippen LogP contribution < -0.4 is 4.74 Å². The molecule has 0 fully saturated rings. The third-order valence-electron chi connectivity index (χ3n) is 4.46. The topological polar surface area (TPSA) is 49.7 Å². The summed E-state index contributed by atoms with van der Waals surface area (Å²) in [6.07, 6.45) is 0.243. The molecule has 0 aliphatic carbocycles. The molecule has 2 aromatic rings. The first kappa shape index (κ1) is 25.0. The summed E-state index contributed by atoms with van der Waals surface area (Å²) in [6.45, 7) is 17.4. The molecule has 0 heterocycles. The standard InChI is InChI=1S/C22H30O3.C4H10/c1-21(2,3)14-19(24)15-25-20-12-8-17(9-13-20)22(4,5)16-6-10-18(23)11-7-16;1-4(2)3/h6-13,19,23-24H,14-15H2,1-5H3;4H,1-3H3. The van der Waals surface area contributed by atoms with E-state index in [1.807, 2.05) is 24.3 Å². The normalized spacial score (nSPS) is 12.9. The van der Waals surface area contributed by atoms with Gasteiger partial charge in [-0.1, -0.05) is 79.7 Å². The predicted octanol–water partition coefficient (Wildman–Crippen LogP) is 6.56. The summed E-state index contributed by atoms with van der Waals surface area (Å²) < 4.78 is 5.72. The summed E-state index contributed by atoms with van der Waals surface area (Å²) in [5, 5.41) is 19.5. The Balaban J connectivity index is 0.000000960. The van der Waals surface area contributed by atoms with Crippen molar-refractivity contribution in [2.24, 2.45) is 11.3 Å². The average Bonchev–Trinajstić information content (AvgIpc) is 2.59. The van der Waals surface area contributed by atoms with Gasteiger partial charge in [0.25, 0.3) is 0 Å². The van der Waals surface area contributed by atoms with Gasteiger partial charge < -0.3 is 14.9 Å². The van der Waals surface area contributed by atoms with Gasteiger partial charge in [-0.05, 0) is 53.1 Å². The van der Waals surface area contributed by atoms with E-state index in [-0.39, 0.29) is 16.6 Å². The lowest BCUT2D eigenvalue weighted by atomic mass is 9.78. The first-order chi connectivity index (χ1) is 13.3. The van der Waals surface area contributed by atoms with E-state index in [2.05, 4.69) is 67.5 Å². The van der Waals surface area contributed by atoms with E-state index in [1.54, 1.807) is 12.1 Å². The molecule has 0 amide bonds. The van der Waals surface area contributed by atoms with Gasteiger partial charge >= 0.3 is 0 Å². The van der Waals surface area contributed by atoms with Gasteiger partial charge in [-0.3, -0.25) is 0 Å². The average molecular weight is 401 g/mol. The predicted molar refractivity (Wildman–Crippen MR) is 123 cm³/mol. The molecule has 29 heavy (non-hydrogen) atoms. The van der Waals surface area contributed by atoms with E-state index in [0.29, 0.717) is 13.0 Å². The number of phenolic OH excluding ortho intramolecular Hbond substituents is 1. The Morgan fingerprint density at radius 2 is 1.21 bits per heavy atom. The Bertz CT molecular complexity index is 704. The molecule has 1 atom stereocenters. The Hall–Kier alpha value is -2.00. The second-order valence-electron chi connectivity index (χ2n) is 10.2. The highest BCUT2D eigenvalue weighted by atomic mass is 16.5. The van der Waals surface area contributed by atoms with Crippen LogP contribution >= 0.6 is 0 Å². The van der Waals surface area contributed by atoms with Crippen molar-refractivity contribution in [3.05, 3.63) is 59.7 Å². The maximum Gasteiger partial charge on any atom is 0.119 e. The summed E-state index contributed by atoms with van der Waals surface area (Å²) in [5.74, 6) is 1.87. The molecule has 0 saturated carbocycles. The fourth-order valence-corrected chi connectivity index (χ4v) is 2.97. The summed E-state index contributed by atoms with van der Waals surface area (Å²) in [5.41, 5.74) is 2.22. The van der Waals surface area contributed by atoms with Crippen LogP contribution in [-0.2, 0) is 5.41 Å². The minimum atomic E-state index is -0.465. The molecule has 0 aliphatic rings. The zero-order valence-corrected chi connectivity index (χ0v) is 19.5. The Morgan fingerprint density at radius 1 is 0.793 bits per heavy atom. The van der Waals surface area contributed by atoms with Crippen LogP contribution in [0.3, 0.4) is 0 Å². The zero-order valence-electron chi connectivity index (χ0n) is 19.5. The molecular weight excluding hydrogens is 360 g/mol. The van der Waals surface area contributed by atoms with E-state index in [4.69, 9.17) is 4.74 Å². The number of aromatic hydroxyl groups is 1. The van der Waals surface area contributed by atoms with Gasteiger partial charge in [-0.25, -0.2) is 0 Å². The van der Waals surface area contributed by atoms with E-state index in [1.165, 1.54) is 5.56 Å². The molecule has 0 aliphatic heterocycles. The molecule has 3 nitrogen and oxygen atoms in total. The molecule has 0 aromatic heterocycles. The third kappa shape index (κ3) is 9.36. The highest BCUT2D eigenvalue weighted by molar-refractivity contribution is 5.41. The largest absolute Gasteiger partial charge is 0.508 e. The van der Waals surface area contributed by atoms with Crippen LogP contribution in [-0.4, -0.2) is 22.9 Å². The Kier molecular flexibility index (Phi) is 9.22. The molecule has 2 rings (SSSR count). The van der Waals surface area contributed by atoms with Crippen molar-refractivity contribution in [1.82, 2.24) is 0 Å². The van der Waals surface area contributed by atoms with Gasteiger partial charge in [-0.2, -0.15) is 0 Å². The van der Waals surface area contributed by atoms with Gasteiger partial charge in [0.1, 0.15) is 18.1 Å². The van der Waals surface area contributed by atoms with Crippen molar-refractivity contribution in [2.45, 2.75) is 73.3 Å². The molecule has 2 N–H and O–H groups in total. The van der Waals surface area contributed by atoms with Crippen molar-refractivity contribution in [3.63, 3.8) is 0 Å². The fraction of sp³-hybridized carbons (Fsp3) is 0.538. The lowest BCUT2D eigenvalue weighted by molar-refractivity contribution is 0.0710. The number of phenols is 1. The van der Waals surface area contributed by atoms with Gasteiger partial charge in [0.15, 0.2) is 0 Å². The zero-order chi connectivity index (χ0) is 22.2. The van der Waals surface area contributed by atoms with Crippen LogP contribution in [0.15, 0.2) is 48.5 Å². The van der Waals surface area contributed by atoms with E-state index in [0.717, 1.165) is 17.2 Å². The highest BCUT2D eigenvalue weighted by Gasteiger charge is 2.23. The van der Waals surface area contributed by atoms with E-state index >= 15 is 0 Å². The third-order valence-corrected chi connectivity index (χ3v) is 4.46. The molecule has 0 bridgehead atoms. The monoisotopic (exact) mass is 400 g/mol. The van der Waals surface area contributed by atoms with Gasteiger partial charge in [-0.15, -0.1) is 0 Å². The minimum absolute atomic E-state index is 0.0841. The van der Waals surface area contributed by atoms with Crippen molar-refractivity contribution in [1.29, 1.82) is 0 Å². The van der Waals surface area contributed by atoms with Crippen LogP contribution in [0.1, 0.15) is 72.9 Å². The fourth-order valence-electron chi connectivity index (χ4n) is 2.97. The van der Waals surface area contributed by atoms with Gasteiger partial charge in [0.2, 0.25) is 0 Å². The Labute approximate surface area is 177 Å². The molecule has 3 heteroatoms. The SMILES string of the molecule is CC(C)(C)CC(O)COc1ccc(C(C)(C)c2ccc(O)cc2)cc1.CC(C)C. The van der Waals surface area contributed by atoms with Crippen molar-refractivity contribution in [3.8, 4) is 11.5 Å². The molecule has 2 aromatic carbocycles. The second-order valence-corrected chi connectivity index (χ2v) is 10.2. The summed E-state index contributed by atoms with van der Waals surface area (Å²) in [4.78, 5) is 0. The number of hydrogen-bond donors (Lipinski definition) is 2. The van der Waals surface area contributed by atoms with Crippen molar-refractivity contribution >= 4 is 0 Å². The highest BCUT2D eigenvalue weighted by Crippen LogP contribution is 2.33. The van der Waals surface area contributed by atoms with Crippen molar-refractivity contribution in [2.75, 3.05) is 6.61 Å². The number of rotatable bonds is 6. The summed E-state index contributed by atoms with van der Waals surface area (Å²) >= 11 is 0. The smallest absolute Gasteiger partial charge is 0.119 e. The maximum absolute atomic E-state index is 10.1. The molecule has 0 radical (unpaired) electrons. The maximum atomic E-state index is 10.1. The van der Waals surface area contributed by atoms with Crippen LogP contribution in [0.4, 0.5) is 0 Å². The molecule has 1 unspecified atom stereocenters. The summed E-state index contributed by atoms with van der Waals surface area (Å²) in [7, 11) is 0. The molecule has 162 valence electrons. The van der Waals surface area contributed by atoms with Crippen LogP contribution in [0.5, 0.6) is 11.5 Å². The van der Waals surface area contributed by atoms with Gasteiger partial charge in [0, 0.05) is 5.41 Å². The first-order valence-electron chi connectivity index (χ1n) is 10.5. The van der Waals surface area contributed by atoms with Crippen LogP contribution in [0.25, 0.3) is 0 Å². The van der Waals surface area contributed by atoms with E-state index in [9.17, 15) is 10.2 Å². The number of benzene rings is 2. The van der Waals surface area contributed by atoms with Gasteiger partial charge in [0.05, 0.1) is 6.10 Å². The number of hydrogen-bond acceptors (Lipinski definition) is 3. The van der Waals surface area contributed by atoms with Crippen LogP contribution in [0, 0.1) is 11.3 Å².